The molecule has 0 aromatic carbocycles. The van der Waals surface area contributed by atoms with E-state index in [1.54, 1.807) is 12.1 Å². The Hall–Kier alpha value is -1.65. The van der Waals surface area contributed by atoms with Crippen LogP contribution >= 0.6 is 0 Å². The molecular weight excluding hydrogens is 228 g/mol. The summed E-state index contributed by atoms with van der Waals surface area (Å²) in [5.74, 6) is 1.63. The van der Waals surface area contributed by atoms with E-state index >= 15 is 0 Å². The monoisotopic (exact) mass is 248 g/mol. The van der Waals surface area contributed by atoms with Crippen molar-refractivity contribution in [3.63, 3.8) is 0 Å². The molecule has 1 aliphatic rings. The van der Waals surface area contributed by atoms with Crippen molar-refractivity contribution < 1.29 is 4.79 Å². The third-order valence-electron chi connectivity index (χ3n) is 3.75. The van der Waals surface area contributed by atoms with Crippen LogP contribution in [0.1, 0.15) is 43.1 Å². The molecule has 1 heterocycles. The van der Waals surface area contributed by atoms with Crippen molar-refractivity contribution in [2.75, 3.05) is 11.9 Å². The maximum absolute atomic E-state index is 10.9. The molecule has 1 amide bonds. The Labute approximate surface area is 107 Å². The molecule has 1 aromatic rings. The summed E-state index contributed by atoms with van der Waals surface area (Å²) in [5, 5.41) is 11.0. The van der Waals surface area contributed by atoms with Gasteiger partial charge >= 0.3 is 0 Å². The van der Waals surface area contributed by atoms with E-state index in [1.165, 1.54) is 25.7 Å². The summed E-state index contributed by atoms with van der Waals surface area (Å²) >= 11 is 0. The maximum atomic E-state index is 10.9. The van der Waals surface area contributed by atoms with Crippen molar-refractivity contribution in [1.29, 1.82) is 0 Å². The zero-order valence-corrected chi connectivity index (χ0v) is 10.7. The van der Waals surface area contributed by atoms with E-state index in [0.29, 0.717) is 11.7 Å². The van der Waals surface area contributed by atoms with Crippen LogP contribution in [0.3, 0.4) is 0 Å². The summed E-state index contributed by atoms with van der Waals surface area (Å²) in [6.07, 6.45) is 5.27. The van der Waals surface area contributed by atoms with E-state index in [4.69, 9.17) is 5.73 Å². The molecule has 0 bridgehead atoms. The first-order valence-corrected chi connectivity index (χ1v) is 6.54. The molecule has 0 aliphatic heterocycles. The predicted octanol–water partition coefficient (Wildman–Crippen LogP) is 1.81. The normalized spacial score (nSPS) is 23.6. The van der Waals surface area contributed by atoms with Crippen molar-refractivity contribution in [3.8, 4) is 0 Å². The minimum atomic E-state index is -0.546. The molecule has 5 nitrogen and oxygen atoms in total. The Kier molecular flexibility index (Phi) is 4.12. The molecule has 5 heteroatoms. The van der Waals surface area contributed by atoms with Gasteiger partial charge in [-0.15, -0.1) is 10.2 Å². The van der Waals surface area contributed by atoms with Crippen molar-refractivity contribution in [3.05, 3.63) is 17.8 Å². The van der Waals surface area contributed by atoms with Crippen LogP contribution in [-0.2, 0) is 0 Å². The van der Waals surface area contributed by atoms with E-state index in [-0.39, 0.29) is 5.69 Å². The fourth-order valence-electron chi connectivity index (χ4n) is 2.49. The van der Waals surface area contributed by atoms with Gasteiger partial charge in [0.05, 0.1) is 0 Å². The van der Waals surface area contributed by atoms with Crippen LogP contribution in [0.15, 0.2) is 12.1 Å². The third kappa shape index (κ3) is 3.18. The Morgan fingerprint density at radius 1 is 1.39 bits per heavy atom. The topological polar surface area (TPSA) is 80.9 Å². The molecule has 2 unspecified atom stereocenters. The number of hydrogen-bond donors (Lipinski definition) is 2. The fraction of sp³-hybridized carbons (Fsp3) is 0.615. The van der Waals surface area contributed by atoms with E-state index in [9.17, 15) is 4.79 Å². The molecule has 0 radical (unpaired) electrons. The largest absolute Gasteiger partial charge is 0.368 e. The summed E-state index contributed by atoms with van der Waals surface area (Å²) in [5.41, 5.74) is 5.31. The number of aromatic nitrogens is 2. The predicted molar refractivity (Wildman–Crippen MR) is 70.2 cm³/mol. The molecule has 98 valence electrons. The number of primary amides is 1. The number of amides is 1. The average molecular weight is 248 g/mol. The van der Waals surface area contributed by atoms with E-state index in [2.05, 4.69) is 22.4 Å². The number of carbonyl (C=O) groups excluding carboxylic acids is 1. The SMILES string of the molecule is CC1CCCCC1CNc1ccc(C(N)=O)nn1. The van der Waals surface area contributed by atoms with Crippen LogP contribution < -0.4 is 11.1 Å². The van der Waals surface area contributed by atoms with Gasteiger partial charge in [0.1, 0.15) is 5.82 Å². The number of nitrogens with one attached hydrogen (secondary N) is 1. The van der Waals surface area contributed by atoms with Crippen LogP contribution in [-0.4, -0.2) is 22.6 Å². The summed E-state index contributed by atoms with van der Waals surface area (Å²) in [6, 6.07) is 3.35. The highest BCUT2D eigenvalue weighted by atomic mass is 16.1. The maximum Gasteiger partial charge on any atom is 0.269 e. The van der Waals surface area contributed by atoms with Crippen molar-refractivity contribution in [2.45, 2.75) is 32.6 Å². The van der Waals surface area contributed by atoms with Crippen LogP contribution in [0.25, 0.3) is 0 Å². The molecule has 0 spiro atoms. The summed E-state index contributed by atoms with van der Waals surface area (Å²) < 4.78 is 0. The van der Waals surface area contributed by atoms with Gasteiger partial charge in [-0.25, -0.2) is 0 Å². The second-order valence-electron chi connectivity index (χ2n) is 5.07. The van der Waals surface area contributed by atoms with Gasteiger partial charge in [-0.05, 0) is 30.4 Å². The molecule has 1 fully saturated rings. The lowest BCUT2D eigenvalue weighted by molar-refractivity contribution is 0.0994. The van der Waals surface area contributed by atoms with Gasteiger partial charge in [0.15, 0.2) is 5.69 Å². The van der Waals surface area contributed by atoms with E-state index in [0.717, 1.165) is 12.5 Å². The number of nitrogens with two attached hydrogens (primary N) is 1. The van der Waals surface area contributed by atoms with E-state index < -0.39 is 5.91 Å². The number of rotatable bonds is 4. The summed E-state index contributed by atoms with van der Waals surface area (Å²) in [6.45, 7) is 3.24. The molecule has 2 atom stereocenters. The van der Waals surface area contributed by atoms with E-state index in [1.807, 2.05) is 0 Å². The number of hydrogen-bond acceptors (Lipinski definition) is 4. The van der Waals surface area contributed by atoms with Crippen LogP contribution in [0, 0.1) is 11.8 Å². The molecule has 1 aliphatic carbocycles. The van der Waals surface area contributed by atoms with Gasteiger partial charge < -0.3 is 11.1 Å². The number of anilines is 1. The average Bonchev–Trinajstić information content (AvgIpc) is 2.38. The number of carbonyl (C=O) groups is 1. The number of nitrogens with zero attached hydrogens (tertiary/aromatic N) is 2. The molecule has 0 saturated heterocycles. The van der Waals surface area contributed by atoms with Crippen molar-refractivity contribution in [2.24, 2.45) is 17.6 Å². The minimum absolute atomic E-state index is 0.201. The second-order valence-corrected chi connectivity index (χ2v) is 5.07. The van der Waals surface area contributed by atoms with Crippen molar-refractivity contribution in [1.82, 2.24) is 10.2 Å². The Morgan fingerprint density at radius 3 is 2.78 bits per heavy atom. The lowest BCUT2D eigenvalue weighted by Crippen LogP contribution is -2.24. The van der Waals surface area contributed by atoms with Crippen LogP contribution in [0.2, 0.25) is 0 Å². The molecule has 1 aromatic heterocycles. The first kappa shape index (κ1) is 12.8. The highest BCUT2D eigenvalue weighted by Gasteiger charge is 2.20. The third-order valence-corrected chi connectivity index (χ3v) is 3.75. The van der Waals surface area contributed by atoms with Gasteiger partial charge in [0.2, 0.25) is 0 Å². The molecule has 2 rings (SSSR count). The standard InChI is InChI=1S/C13H20N4O/c1-9-4-2-3-5-10(9)8-15-12-7-6-11(13(14)18)16-17-12/h6-7,9-10H,2-5,8H2,1H3,(H2,14,18)(H,15,17). The van der Waals surface area contributed by atoms with Gasteiger partial charge in [-0.3, -0.25) is 4.79 Å². The quantitative estimate of drug-likeness (QED) is 0.851. The first-order valence-electron chi connectivity index (χ1n) is 6.54. The Balaban J connectivity index is 1.87. The Morgan fingerprint density at radius 2 is 2.17 bits per heavy atom. The lowest BCUT2D eigenvalue weighted by atomic mass is 9.80. The Bertz CT molecular complexity index is 404. The highest BCUT2D eigenvalue weighted by molar-refractivity contribution is 5.90. The minimum Gasteiger partial charge on any atom is -0.368 e. The van der Waals surface area contributed by atoms with Crippen molar-refractivity contribution >= 4 is 11.7 Å². The molecular formula is C13H20N4O. The molecule has 18 heavy (non-hydrogen) atoms. The first-order chi connectivity index (χ1) is 8.66. The second kappa shape index (κ2) is 5.80. The van der Waals surface area contributed by atoms with Gasteiger partial charge in [0.25, 0.3) is 5.91 Å². The molecule has 1 saturated carbocycles. The summed E-state index contributed by atoms with van der Waals surface area (Å²) in [7, 11) is 0. The van der Waals surface area contributed by atoms with Gasteiger partial charge in [-0.2, -0.15) is 0 Å². The molecule has 3 N–H and O–H groups in total. The zero-order valence-electron chi connectivity index (χ0n) is 10.7. The summed E-state index contributed by atoms with van der Waals surface area (Å²) in [4.78, 5) is 10.9. The highest BCUT2D eigenvalue weighted by Crippen LogP contribution is 2.29. The van der Waals surface area contributed by atoms with Crippen LogP contribution in [0.4, 0.5) is 5.82 Å². The lowest BCUT2D eigenvalue weighted by Gasteiger charge is -2.28. The van der Waals surface area contributed by atoms with Gasteiger partial charge in [-0.1, -0.05) is 26.2 Å². The smallest absolute Gasteiger partial charge is 0.269 e. The fourth-order valence-corrected chi connectivity index (χ4v) is 2.49. The van der Waals surface area contributed by atoms with Gasteiger partial charge in [0, 0.05) is 6.54 Å². The van der Waals surface area contributed by atoms with Crippen LogP contribution in [0.5, 0.6) is 0 Å². The zero-order chi connectivity index (χ0) is 13.0.